The van der Waals surface area contributed by atoms with Gasteiger partial charge in [0.1, 0.15) is 5.70 Å². The van der Waals surface area contributed by atoms with E-state index in [1.807, 2.05) is 23.6 Å². The third-order valence-corrected chi connectivity index (χ3v) is 5.95. The van der Waals surface area contributed by atoms with Crippen LogP contribution in [0.1, 0.15) is 17.4 Å². The zero-order valence-electron chi connectivity index (χ0n) is 16.5. The average Bonchev–Trinajstić information content (AvgIpc) is 3.34. The van der Waals surface area contributed by atoms with Crippen LogP contribution in [0.5, 0.6) is 0 Å². The maximum Gasteiger partial charge on any atom is 0.278 e. The molecule has 0 fully saturated rings. The first-order valence-corrected chi connectivity index (χ1v) is 10.7. The van der Waals surface area contributed by atoms with E-state index in [0.29, 0.717) is 32.4 Å². The predicted octanol–water partition coefficient (Wildman–Crippen LogP) is 4.75. The van der Waals surface area contributed by atoms with Gasteiger partial charge in [0.25, 0.3) is 11.8 Å². The molecule has 0 spiro atoms. The first-order valence-electron chi connectivity index (χ1n) is 9.46. The molecule has 156 valence electrons. The molecule has 31 heavy (non-hydrogen) atoms. The molecule has 0 saturated heterocycles. The van der Waals surface area contributed by atoms with Crippen LogP contribution in [-0.4, -0.2) is 22.6 Å². The number of halogens is 1. The molecule has 4 rings (SSSR count). The minimum absolute atomic E-state index is 0.0822. The largest absolute Gasteiger partial charge is 0.350 e. The standard InChI is InChI=1S/C23H18ClN3O3S/c1-14(28)25-16-8-10-17(11-9-16)26-21-20(19-7-4-12-31-19)22(29)27(23(21)30)13-15-5-2-3-6-18(15)24/h2-12,26H,13H2,1H3,(H,25,28). The molecule has 0 unspecified atom stereocenters. The first kappa shape index (κ1) is 20.8. The van der Waals surface area contributed by atoms with E-state index in [4.69, 9.17) is 11.6 Å². The van der Waals surface area contributed by atoms with Gasteiger partial charge in [0.2, 0.25) is 5.91 Å². The number of imide groups is 1. The second-order valence-corrected chi connectivity index (χ2v) is 8.25. The van der Waals surface area contributed by atoms with Crippen molar-refractivity contribution in [2.75, 3.05) is 10.6 Å². The van der Waals surface area contributed by atoms with Crippen molar-refractivity contribution in [3.63, 3.8) is 0 Å². The van der Waals surface area contributed by atoms with Crippen molar-refractivity contribution < 1.29 is 14.4 Å². The first-order chi connectivity index (χ1) is 14.9. The third-order valence-electron chi connectivity index (χ3n) is 4.70. The van der Waals surface area contributed by atoms with Gasteiger partial charge >= 0.3 is 0 Å². The predicted molar refractivity (Wildman–Crippen MR) is 123 cm³/mol. The summed E-state index contributed by atoms with van der Waals surface area (Å²) in [7, 11) is 0. The number of amides is 3. The summed E-state index contributed by atoms with van der Waals surface area (Å²) in [6.07, 6.45) is 0. The number of nitrogens with zero attached hydrogens (tertiary/aromatic N) is 1. The molecule has 1 aliphatic heterocycles. The van der Waals surface area contributed by atoms with E-state index in [9.17, 15) is 14.4 Å². The van der Waals surface area contributed by atoms with Gasteiger partial charge in [-0.3, -0.25) is 19.3 Å². The van der Waals surface area contributed by atoms with Gasteiger partial charge in [0.05, 0.1) is 12.1 Å². The number of anilines is 2. The summed E-state index contributed by atoms with van der Waals surface area (Å²) in [5.74, 6) is -0.959. The molecule has 2 heterocycles. The highest BCUT2D eigenvalue weighted by molar-refractivity contribution is 7.11. The molecular weight excluding hydrogens is 434 g/mol. The quantitative estimate of drug-likeness (QED) is 0.530. The van der Waals surface area contributed by atoms with Crippen molar-refractivity contribution >= 4 is 57.6 Å². The van der Waals surface area contributed by atoms with Gasteiger partial charge in [-0.2, -0.15) is 0 Å². The highest BCUT2D eigenvalue weighted by Gasteiger charge is 2.39. The van der Waals surface area contributed by atoms with E-state index in [0.717, 1.165) is 0 Å². The van der Waals surface area contributed by atoms with Crippen LogP contribution in [0.2, 0.25) is 5.02 Å². The summed E-state index contributed by atoms with van der Waals surface area (Å²) < 4.78 is 0. The SMILES string of the molecule is CC(=O)Nc1ccc(NC2=C(c3cccs3)C(=O)N(Cc3ccccc3Cl)C2=O)cc1. The Hall–Kier alpha value is -3.42. The summed E-state index contributed by atoms with van der Waals surface area (Å²) in [5, 5.41) is 8.15. The number of benzene rings is 2. The molecule has 8 heteroatoms. The fraction of sp³-hybridized carbons (Fsp3) is 0.0870. The minimum atomic E-state index is -0.417. The summed E-state index contributed by atoms with van der Waals surface area (Å²) >= 11 is 7.63. The number of hydrogen-bond donors (Lipinski definition) is 2. The van der Waals surface area contributed by atoms with Crippen LogP contribution in [0.25, 0.3) is 5.57 Å². The molecule has 0 saturated carbocycles. The van der Waals surface area contributed by atoms with Gasteiger partial charge in [-0.25, -0.2) is 0 Å². The Morgan fingerprint density at radius 3 is 2.32 bits per heavy atom. The Morgan fingerprint density at radius 2 is 1.68 bits per heavy atom. The topological polar surface area (TPSA) is 78.5 Å². The van der Waals surface area contributed by atoms with Gasteiger partial charge in [0, 0.05) is 28.2 Å². The van der Waals surface area contributed by atoms with Gasteiger partial charge in [-0.05, 0) is 47.3 Å². The lowest BCUT2D eigenvalue weighted by molar-refractivity contribution is -0.137. The molecule has 2 aromatic carbocycles. The Labute approximate surface area is 188 Å². The van der Waals surface area contributed by atoms with E-state index in [-0.39, 0.29) is 24.1 Å². The maximum absolute atomic E-state index is 13.2. The molecule has 1 aliphatic rings. The Bertz CT molecular complexity index is 1190. The molecule has 3 amide bonds. The van der Waals surface area contributed by atoms with Gasteiger partial charge in [-0.1, -0.05) is 35.9 Å². The van der Waals surface area contributed by atoms with Crippen molar-refractivity contribution in [3.05, 3.63) is 87.2 Å². The second-order valence-electron chi connectivity index (χ2n) is 6.90. The summed E-state index contributed by atoms with van der Waals surface area (Å²) in [5.41, 5.74) is 2.50. The van der Waals surface area contributed by atoms with Crippen LogP contribution in [-0.2, 0) is 20.9 Å². The Morgan fingerprint density at radius 1 is 0.968 bits per heavy atom. The number of rotatable bonds is 6. The van der Waals surface area contributed by atoms with Gasteiger partial charge < -0.3 is 10.6 Å². The van der Waals surface area contributed by atoms with Gasteiger partial charge in [-0.15, -0.1) is 11.3 Å². The zero-order chi connectivity index (χ0) is 22.0. The van der Waals surface area contributed by atoms with Crippen molar-refractivity contribution in [1.82, 2.24) is 4.90 Å². The van der Waals surface area contributed by atoms with Crippen molar-refractivity contribution in [3.8, 4) is 0 Å². The van der Waals surface area contributed by atoms with E-state index in [1.54, 1.807) is 42.5 Å². The smallest absolute Gasteiger partial charge is 0.278 e. The second kappa shape index (κ2) is 8.75. The van der Waals surface area contributed by atoms with Crippen LogP contribution >= 0.6 is 22.9 Å². The zero-order valence-corrected chi connectivity index (χ0v) is 18.1. The van der Waals surface area contributed by atoms with E-state index < -0.39 is 5.91 Å². The molecule has 0 aliphatic carbocycles. The van der Waals surface area contributed by atoms with Gasteiger partial charge in [0.15, 0.2) is 0 Å². The monoisotopic (exact) mass is 451 g/mol. The van der Waals surface area contributed by atoms with E-state index in [2.05, 4.69) is 10.6 Å². The number of hydrogen-bond acceptors (Lipinski definition) is 5. The van der Waals surface area contributed by atoms with Crippen molar-refractivity contribution in [2.45, 2.75) is 13.5 Å². The summed E-state index contributed by atoms with van der Waals surface area (Å²) in [6, 6.07) is 17.7. The lowest BCUT2D eigenvalue weighted by Crippen LogP contribution is -2.32. The highest BCUT2D eigenvalue weighted by Crippen LogP contribution is 2.34. The van der Waals surface area contributed by atoms with Crippen molar-refractivity contribution in [2.24, 2.45) is 0 Å². The van der Waals surface area contributed by atoms with Crippen LogP contribution < -0.4 is 10.6 Å². The number of carbonyl (C=O) groups excluding carboxylic acids is 3. The average molecular weight is 452 g/mol. The lowest BCUT2D eigenvalue weighted by Gasteiger charge is -2.16. The fourth-order valence-electron chi connectivity index (χ4n) is 3.27. The summed E-state index contributed by atoms with van der Waals surface area (Å²) in [6.45, 7) is 1.51. The molecule has 0 atom stereocenters. The molecule has 2 N–H and O–H groups in total. The minimum Gasteiger partial charge on any atom is -0.350 e. The van der Waals surface area contributed by atoms with Crippen LogP contribution in [0.3, 0.4) is 0 Å². The number of nitrogens with one attached hydrogen (secondary N) is 2. The Balaban J connectivity index is 1.65. The maximum atomic E-state index is 13.2. The number of carbonyl (C=O) groups is 3. The van der Waals surface area contributed by atoms with Crippen LogP contribution in [0.15, 0.2) is 71.7 Å². The normalized spacial score (nSPS) is 13.7. The Kier molecular flexibility index (Phi) is 5.88. The number of thiophene rings is 1. The fourth-order valence-corrected chi connectivity index (χ4v) is 4.23. The molecule has 3 aromatic rings. The molecule has 0 radical (unpaired) electrons. The van der Waals surface area contributed by atoms with E-state index >= 15 is 0 Å². The van der Waals surface area contributed by atoms with E-state index in [1.165, 1.54) is 23.2 Å². The molecule has 6 nitrogen and oxygen atoms in total. The third kappa shape index (κ3) is 4.38. The molecule has 1 aromatic heterocycles. The molecule has 0 bridgehead atoms. The van der Waals surface area contributed by atoms with Crippen molar-refractivity contribution in [1.29, 1.82) is 0 Å². The molecular formula is C23H18ClN3O3S. The van der Waals surface area contributed by atoms with Crippen LogP contribution in [0, 0.1) is 0 Å². The van der Waals surface area contributed by atoms with Crippen LogP contribution in [0.4, 0.5) is 11.4 Å². The lowest BCUT2D eigenvalue weighted by atomic mass is 10.1. The summed E-state index contributed by atoms with van der Waals surface area (Å²) in [4.78, 5) is 39.6. The highest BCUT2D eigenvalue weighted by atomic mass is 35.5.